The number of pyridine rings is 1. The van der Waals surface area contributed by atoms with Crippen LogP contribution in [0.4, 0.5) is 0 Å². The Morgan fingerprint density at radius 2 is 2.05 bits per heavy atom. The summed E-state index contributed by atoms with van der Waals surface area (Å²) in [5.74, 6) is 1.83. The zero-order valence-corrected chi connectivity index (χ0v) is 11.4. The Balaban J connectivity index is 2.05. The van der Waals surface area contributed by atoms with Gasteiger partial charge in [-0.2, -0.15) is 0 Å². The number of rotatable bonds is 6. The van der Waals surface area contributed by atoms with Crippen molar-refractivity contribution in [3.8, 4) is 5.75 Å². The van der Waals surface area contributed by atoms with Gasteiger partial charge in [-0.05, 0) is 26.1 Å². The van der Waals surface area contributed by atoms with E-state index in [1.54, 1.807) is 0 Å². The van der Waals surface area contributed by atoms with Crippen LogP contribution in [-0.2, 0) is 19.6 Å². The Labute approximate surface area is 112 Å². The summed E-state index contributed by atoms with van der Waals surface area (Å²) >= 11 is 0. The predicted molar refractivity (Wildman–Crippen MR) is 69.7 cm³/mol. The summed E-state index contributed by atoms with van der Waals surface area (Å²) in [6.45, 7) is 4.83. The molecule has 6 nitrogen and oxygen atoms in total. The molecule has 0 bridgehead atoms. The lowest BCUT2D eigenvalue weighted by molar-refractivity contribution is 0.255. The molecule has 0 unspecified atom stereocenters. The van der Waals surface area contributed by atoms with Gasteiger partial charge in [-0.1, -0.05) is 6.92 Å². The zero-order valence-electron chi connectivity index (χ0n) is 11.4. The monoisotopic (exact) mass is 262 g/mol. The van der Waals surface area contributed by atoms with Crippen LogP contribution in [0.3, 0.4) is 0 Å². The average molecular weight is 262 g/mol. The van der Waals surface area contributed by atoms with E-state index in [0.29, 0.717) is 18.3 Å². The van der Waals surface area contributed by atoms with Gasteiger partial charge in [-0.3, -0.25) is 4.98 Å². The van der Waals surface area contributed by atoms with E-state index in [0.717, 1.165) is 23.6 Å². The molecule has 0 spiro atoms. The Hall–Kier alpha value is -1.95. The molecule has 19 heavy (non-hydrogen) atoms. The van der Waals surface area contributed by atoms with Crippen LogP contribution in [0, 0.1) is 6.92 Å². The average Bonchev–Trinajstić information content (AvgIpc) is 2.86. The van der Waals surface area contributed by atoms with Gasteiger partial charge in [0.25, 0.3) is 5.89 Å². The van der Waals surface area contributed by atoms with E-state index in [2.05, 4.69) is 20.5 Å². The maximum atomic E-state index is 5.69. The fourth-order valence-electron chi connectivity index (χ4n) is 1.65. The van der Waals surface area contributed by atoms with Gasteiger partial charge in [0.15, 0.2) is 6.61 Å². The van der Waals surface area contributed by atoms with E-state index in [9.17, 15) is 0 Å². The highest BCUT2D eigenvalue weighted by Crippen LogP contribution is 2.18. The zero-order chi connectivity index (χ0) is 13.7. The number of aromatic nitrogens is 3. The first-order chi connectivity index (χ1) is 9.22. The van der Waals surface area contributed by atoms with Crippen molar-refractivity contribution in [3.05, 3.63) is 35.3 Å². The number of nitrogens with one attached hydrogen (secondary N) is 1. The van der Waals surface area contributed by atoms with E-state index < -0.39 is 0 Å². The summed E-state index contributed by atoms with van der Waals surface area (Å²) in [5.41, 5.74) is 1.83. The minimum absolute atomic E-state index is 0.258. The maximum absolute atomic E-state index is 5.69. The Morgan fingerprint density at radius 3 is 2.74 bits per heavy atom. The number of hydrogen-bond acceptors (Lipinski definition) is 6. The summed E-state index contributed by atoms with van der Waals surface area (Å²) in [7, 11) is 1.87. The fourth-order valence-corrected chi connectivity index (χ4v) is 1.65. The summed E-state index contributed by atoms with van der Waals surface area (Å²) in [4.78, 5) is 4.44. The first kappa shape index (κ1) is 13.5. The van der Waals surface area contributed by atoms with E-state index in [1.165, 1.54) is 0 Å². The molecule has 0 amide bonds. The van der Waals surface area contributed by atoms with Crippen LogP contribution >= 0.6 is 0 Å². The molecule has 0 aromatic carbocycles. The molecule has 0 radical (unpaired) electrons. The first-order valence-electron chi connectivity index (χ1n) is 6.28. The van der Waals surface area contributed by atoms with Crippen molar-refractivity contribution in [2.75, 3.05) is 7.05 Å². The SMILES string of the molecule is CCc1nnc(COc2ccc(C)nc2CNC)o1. The molecular weight excluding hydrogens is 244 g/mol. The summed E-state index contributed by atoms with van der Waals surface area (Å²) in [6.07, 6.45) is 0.726. The van der Waals surface area contributed by atoms with E-state index >= 15 is 0 Å². The normalized spacial score (nSPS) is 10.7. The van der Waals surface area contributed by atoms with Crippen molar-refractivity contribution >= 4 is 0 Å². The molecule has 0 atom stereocenters. The molecular formula is C13H18N4O2. The van der Waals surface area contributed by atoms with Crippen molar-refractivity contribution < 1.29 is 9.15 Å². The third kappa shape index (κ3) is 3.51. The Bertz CT molecular complexity index is 539. The van der Waals surface area contributed by atoms with Gasteiger partial charge >= 0.3 is 0 Å². The Kier molecular flexibility index (Phi) is 4.46. The Morgan fingerprint density at radius 1 is 1.26 bits per heavy atom. The van der Waals surface area contributed by atoms with Gasteiger partial charge in [-0.25, -0.2) is 0 Å². The molecule has 2 aromatic rings. The molecule has 2 rings (SSSR count). The molecule has 0 saturated heterocycles. The minimum atomic E-state index is 0.258. The van der Waals surface area contributed by atoms with E-state index in [1.807, 2.05) is 33.0 Å². The minimum Gasteiger partial charge on any atom is -0.482 e. The number of hydrogen-bond donors (Lipinski definition) is 1. The first-order valence-corrected chi connectivity index (χ1v) is 6.28. The van der Waals surface area contributed by atoms with Gasteiger partial charge < -0.3 is 14.5 Å². The number of ether oxygens (including phenoxy) is 1. The summed E-state index contributed by atoms with van der Waals surface area (Å²) in [6, 6.07) is 3.83. The quantitative estimate of drug-likeness (QED) is 0.853. The smallest absolute Gasteiger partial charge is 0.253 e. The standard InChI is InChI=1S/C13H18N4O2/c1-4-12-16-17-13(19-12)8-18-11-6-5-9(2)15-10(11)7-14-3/h5-6,14H,4,7-8H2,1-3H3. The molecule has 0 saturated carbocycles. The summed E-state index contributed by atoms with van der Waals surface area (Å²) < 4.78 is 11.1. The highest BCUT2D eigenvalue weighted by molar-refractivity contribution is 5.29. The third-order valence-electron chi connectivity index (χ3n) is 2.58. The van der Waals surface area contributed by atoms with Crippen LogP contribution in [0.2, 0.25) is 0 Å². The van der Waals surface area contributed by atoms with Gasteiger partial charge in [-0.15, -0.1) is 10.2 Å². The van der Waals surface area contributed by atoms with Crippen LogP contribution < -0.4 is 10.1 Å². The van der Waals surface area contributed by atoms with Gasteiger partial charge in [0.1, 0.15) is 5.75 Å². The van der Waals surface area contributed by atoms with Crippen LogP contribution in [0.15, 0.2) is 16.5 Å². The molecule has 0 aliphatic heterocycles. The van der Waals surface area contributed by atoms with E-state index in [4.69, 9.17) is 9.15 Å². The van der Waals surface area contributed by atoms with Crippen molar-refractivity contribution in [1.29, 1.82) is 0 Å². The van der Waals surface area contributed by atoms with E-state index in [-0.39, 0.29) is 6.61 Å². The molecule has 0 aliphatic carbocycles. The van der Waals surface area contributed by atoms with Crippen molar-refractivity contribution in [2.24, 2.45) is 0 Å². The second-order valence-corrected chi connectivity index (χ2v) is 4.16. The highest BCUT2D eigenvalue weighted by atomic mass is 16.5. The predicted octanol–water partition coefficient (Wildman–Crippen LogP) is 1.63. The van der Waals surface area contributed by atoms with Crippen molar-refractivity contribution in [2.45, 2.75) is 33.4 Å². The number of nitrogens with zero attached hydrogens (tertiary/aromatic N) is 3. The lowest BCUT2D eigenvalue weighted by Gasteiger charge is -2.09. The fraction of sp³-hybridized carbons (Fsp3) is 0.462. The highest BCUT2D eigenvalue weighted by Gasteiger charge is 2.09. The van der Waals surface area contributed by atoms with Gasteiger partial charge in [0, 0.05) is 18.7 Å². The third-order valence-corrected chi connectivity index (χ3v) is 2.58. The summed E-state index contributed by atoms with van der Waals surface area (Å²) in [5, 5.41) is 10.9. The van der Waals surface area contributed by atoms with Gasteiger partial charge in [0.2, 0.25) is 5.89 Å². The largest absolute Gasteiger partial charge is 0.482 e. The van der Waals surface area contributed by atoms with Crippen LogP contribution in [0.5, 0.6) is 5.75 Å². The van der Waals surface area contributed by atoms with Gasteiger partial charge in [0.05, 0.1) is 5.69 Å². The number of aryl methyl sites for hydroxylation is 2. The van der Waals surface area contributed by atoms with Crippen molar-refractivity contribution in [3.63, 3.8) is 0 Å². The molecule has 102 valence electrons. The second-order valence-electron chi connectivity index (χ2n) is 4.16. The van der Waals surface area contributed by atoms with Crippen LogP contribution in [0.25, 0.3) is 0 Å². The molecule has 6 heteroatoms. The molecule has 1 N–H and O–H groups in total. The second kappa shape index (κ2) is 6.29. The molecule has 2 aromatic heterocycles. The molecule has 0 aliphatic rings. The molecule has 2 heterocycles. The van der Waals surface area contributed by atoms with Crippen LogP contribution in [-0.4, -0.2) is 22.2 Å². The molecule has 0 fully saturated rings. The van der Waals surface area contributed by atoms with Crippen LogP contribution in [0.1, 0.15) is 30.1 Å². The maximum Gasteiger partial charge on any atom is 0.253 e. The topological polar surface area (TPSA) is 73.1 Å². The van der Waals surface area contributed by atoms with Crippen molar-refractivity contribution in [1.82, 2.24) is 20.5 Å². The lowest BCUT2D eigenvalue weighted by Crippen LogP contribution is -2.10. The lowest BCUT2D eigenvalue weighted by atomic mass is 10.3.